The number of nitrogens with zero attached hydrogens (tertiary/aromatic N) is 5. The molecule has 0 bridgehead atoms. The molecule has 0 atom stereocenters. The lowest BCUT2D eigenvalue weighted by molar-refractivity contribution is 0.0745. The van der Waals surface area contributed by atoms with Crippen molar-refractivity contribution in [3.63, 3.8) is 0 Å². The van der Waals surface area contributed by atoms with E-state index in [1.54, 1.807) is 47.8 Å². The Balaban J connectivity index is 1.36. The maximum atomic E-state index is 12.9. The van der Waals surface area contributed by atoms with Crippen LogP contribution in [0.4, 0.5) is 5.95 Å². The van der Waals surface area contributed by atoms with Crippen LogP contribution in [0.15, 0.2) is 59.7 Å². The fraction of sp³-hybridized carbons (Fsp3) is 0.250. The van der Waals surface area contributed by atoms with Gasteiger partial charge in [-0.3, -0.25) is 14.6 Å². The summed E-state index contributed by atoms with van der Waals surface area (Å²) >= 11 is 0. The molecule has 9 nitrogen and oxygen atoms in total. The summed E-state index contributed by atoms with van der Waals surface area (Å²) in [4.78, 5) is 41.6. The van der Waals surface area contributed by atoms with Crippen molar-refractivity contribution in [3.05, 3.63) is 72.2 Å². The second kappa shape index (κ2) is 8.51. The fourth-order valence-electron chi connectivity index (χ4n) is 3.11. The quantitative estimate of drug-likeness (QED) is 0.699. The summed E-state index contributed by atoms with van der Waals surface area (Å²) in [5, 5.41) is 2.75. The van der Waals surface area contributed by atoms with Crippen LogP contribution in [0.25, 0.3) is 0 Å². The number of aromatic nitrogens is 3. The standard InChI is InChI=1S/C20H20N6O3/c27-18(24-14-17-3-1-10-29-17)15-11-16(13-21-12-15)19(28)25-6-8-26(9-7-25)20-22-4-2-5-23-20/h1-5,10-13H,6-9,14H2,(H,24,27). The molecule has 9 heteroatoms. The third-order valence-electron chi connectivity index (χ3n) is 4.65. The van der Waals surface area contributed by atoms with Crippen LogP contribution < -0.4 is 10.2 Å². The molecule has 0 aromatic carbocycles. The van der Waals surface area contributed by atoms with Crippen molar-refractivity contribution in [3.8, 4) is 0 Å². The number of pyridine rings is 1. The largest absolute Gasteiger partial charge is 0.467 e. The van der Waals surface area contributed by atoms with E-state index in [0.717, 1.165) is 0 Å². The molecule has 1 N–H and O–H groups in total. The van der Waals surface area contributed by atoms with Crippen LogP contribution >= 0.6 is 0 Å². The normalized spacial score (nSPS) is 13.9. The van der Waals surface area contributed by atoms with Crippen molar-refractivity contribution in [2.24, 2.45) is 0 Å². The predicted molar refractivity (Wildman–Crippen MR) is 104 cm³/mol. The summed E-state index contributed by atoms with van der Waals surface area (Å²) in [6, 6.07) is 6.87. The average Bonchev–Trinajstić information content (AvgIpc) is 3.31. The number of rotatable bonds is 5. The van der Waals surface area contributed by atoms with E-state index < -0.39 is 0 Å². The first-order valence-electron chi connectivity index (χ1n) is 9.27. The molecule has 2 amide bonds. The maximum absolute atomic E-state index is 12.9. The van der Waals surface area contributed by atoms with Gasteiger partial charge in [-0.1, -0.05) is 0 Å². The number of carbonyl (C=O) groups excluding carboxylic acids is 2. The van der Waals surface area contributed by atoms with Gasteiger partial charge in [0.1, 0.15) is 5.76 Å². The lowest BCUT2D eigenvalue weighted by Crippen LogP contribution is -2.49. The molecule has 4 heterocycles. The summed E-state index contributed by atoms with van der Waals surface area (Å²) in [5.74, 6) is 0.858. The van der Waals surface area contributed by atoms with E-state index in [4.69, 9.17) is 4.42 Å². The van der Waals surface area contributed by atoms with Crippen LogP contribution in [0.5, 0.6) is 0 Å². The van der Waals surface area contributed by atoms with Gasteiger partial charge in [0.2, 0.25) is 5.95 Å². The number of furan rings is 1. The summed E-state index contributed by atoms with van der Waals surface area (Å²) in [5.41, 5.74) is 0.721. The zero-order valence-corrected chi connectivity index (χ0v) is 15.7. The minimum atomic E-state index is -0.311. The first-order chi connectivity index (χ1) is 14.2. The summed E-state index contributed by atoms with van der Waals surface area (Å²) in [6.45, 7) is 2.66. The molecule has 0 unspecified atom stereocenters. The van der Waals surface area contributed by atoms with E-state index in [9.17, 15) is 9.59 Å². The van der Waals surface area contributed by atoms with Crippen molar-refractivity contribution in [2.45, 2.75) is 6.54 Å². The van der Waals surface area contributed by atoms with Gasteiger partial charge in [-0.05, 0) is 24.3 Å². The number of piperazine rings is 1. The van der Waals surface area contributed by atoms with Crippen LogP contribution in [-0.2, 0) is 6.54 Å². The van der Waals surface area contributed by atoms with Gasteiger partial charge in [0, 0.05) is 51.0 Å². The molecule has 148 valence electrons. The second-order valence-corrected chi connectivity index (χ2v) is 6.55. The molecular formula is C20H20N6O3. The molecule has 1 fully saturated rings. The monoisotopic (exact) mass is 392 g/mol. The first kappa shape index (κ1) is 18.6. The molecule has 29 heavy (non-hydrogen) atoms. The van der Waals surface area contributed by atoms with Crippen LogP contribution in [0, 0.1) is 0 Å². The SMILES string of the molecule is O=C(NCc1ccco1)c1cncc(C(=O)N2CCN(c3ncccn3)CC2)c1. The average molecular weight is 392 g/mol. The van der Waals surface area contributed by atoms with Gasteiger partial charge < -0.3 is 19.5 Å². The number of hydrogen-bond acceptors (Lipinski definition) is 7. The van der Waals surface area contributed by atoms with Gasteiger partial charge in [0.15, 0.2) is 0 Å². The Morgan fingerprint density at radius 3 is 2.52 bits per heavy atom. The molecule has 0 saturated carbocycles. The molecule has 3 aromatic rings. The first-order valence-corrected chi connectivity index (χ1v) is 9.27. The van der Waals surface area contributed by atoms with Crippen LogP contribution in [0.3, 0.4) is 0 Å². The summed E-state index contributed by atoms with van der Waals surface area (Å²) in [6.07, 6.45) is 7.88. The predicted octanol–water partition coefficient (Wildman–Crippen LogP) is 1.36. The number of carbonyl (C=O) groups is 2. The minimum Gasteiger partial charge on any atom is -0.467 e. The van der Waals surface area contributed by atoms with Gasteiger partial charge in [0.05, 0.1) is 23.9 Å². The highest BCUT2D eigenvalue weighted by Crippen LogP contribution is 2.13. The second-order valence-electron chi connectivity index (χ2n) is 6.55. The number of nitrogens with one attached hydrogen (secondary N) is 1. The fourth-order valence-corrected chi connectivity index (χ4v) is 3.11. The number of amides is 2. The molecule has 1 aliphatic rings. The Bertz CT molecular complexity index is 969. The lowest BCUT2D eigenvalue weighted by Gasteiger charge is -2.34. The Morgan fingerprint density at radius 1 is 1.03 bits per heavy atom. The molecule has 4 rings (SSSR count). The van der Waals surface area contributed by atoms with Gasteiger partial charge >= 0.3 is 0 Å². The Labute approximate surface area is 167 Å². The highest BCUT2D eigenvalue weighted by Gasteiger charge is 2.24. The van der Waals surface area contributed by atoms with Gasteiger partial charge in [-0.25, -0.2) is 9.97 Å². The van der Waals surface area contributed by atoms with Gasteiger partial charge in [-0.15, -0.1) is 0 Å². The van der Waals surface area contributed by atoms with Gasteiger partial charge in [-0.2, -0.15) is 0 Å². The van der Waals surface area contributed by atoms with Crippen LogP contribution in [0.2, 0.25) is 0 Å². The van der Waals surface area contributed by atoms with E-state index in [0.29, 0.717) is 49.0 Å². The van der Waals surface area contributed by atoms with E-state index in [2.05, 4.69) is 20.3 Å². The lowest BCUT2D eigenvalue weighted by atomic mass is 10.1. The molecule has 0 aliphatic carbocycles. The van der Waals surface area contributed by atoms with Gasteiger partial charge in [0.25, 0.3) is 11.8 Å². The summed E-state index contributed by atoms with van der Waals surface area (Å²) in [7, 11) is 0. The minimum absolute atomic E-state index is 0.146. The van der Waals surface area contributed by atoms with Crippen LogP contribution in [0.1, 0.15) is 26.5 Å². The molecule has 0 spiro atoms. The maximum Gasteiger partial charge on any atom is 0.255 e. The zero-order chi connectivity index (χ0) is 20.1. The van der Waals surface area contributed by atoms with Crippen molar-refractivity contribution in [1.82, 2.24) is 25.2 Å². The van der Waals surface area contributed by atoms with Crippen molar-refractivity contribution in [2.75, 3.05) is 31.1 Å². The Kier molecular flexibility index (Phi) is 5.46. The Morgan fingerprint density at radius 2 is 1.79 bits per heavy atom. The van der Waals surface area contributed by atoms with E-state index in [1.807, 2.05) is 4.90 Å². The van der Waals surface area contributed by atoms with Crippen LogP contribution in [-0.4, -0.2) is 57.8 Å². The zero-order valence-electron chi connectivity index (χ0n) is 15.7. The smallest absolute Gasteiger partial charge is 0.255 e. The van der Waals surface area contributed by atoms with E-state index >= 15 is 0 Å². The highest BCUT2D eigenvalue weighted by atomic mass is 16.3. The molecule has 1 saturated heterocycles. The third-order valence-corrected chi connectivity index (χ3v) is 4.65. The third kappa shape index (κ3) is 4.40. The topological polar surface area (TPSA) is 104 Å². The molecular weight excluding hydrogens is 372 g/mol. The summed E-state index contributed by atoms with van der Waals surface area (Å²) < 4.78 is 5.20. The van der Waals surface area contributed by atoms with E-state index in [1.165, 1.54) is 12.4 Å². The molecule has 3 aromatic heterocycles. The molecule has 1 aliphatic heterocycles. The Hall–Kier alpha value is -3.75. The van der Waals surface area contributed by atoms with Crippen molar-refractivity contribution >= 4 is 17.8 Å². The van der Waals surface area contributed by atoms with Crippen molar-refractivity contribution in [1.29, 1.82) is 0 Å². The number of hydrogen-bond donors (Lipinski definition) is 1. The highest BCUT2D eigenvalue weighted by molar-refractivity contribution is 5.99. The van der Waals surface area contributed by atoms with E-state index in [-0.39, 0.29) is 18.4 Å². The van der Waals surface area contributed by atoms with Crippen molar-refractivity contribution < 1.29 is 14.0 Å². The molecule has 0 radical (unpaired) electrons. The number of anilines is 1.